The first-order valence-corrected chi connectivity index (χ1v) is 8.09. The molecule has 0 saturated heterocycles. The number of para-hydroxylation sites is 1. The van der Waals surface area contributed by atoms with Crippen LogP contribution in [0.4, 0.5) is 17.5 Å². The first kappa shape index (κ1) is 16.2. The molecule has 0 fully saturated rings. The summed E-state index contributed by atoms with van der Waals surface area (Å²) in [5.41, 5.74) is 3.27. The van der Waals surface area contributed by atoms with E-state index in [-0.39, 0.29) is 0 Å². The highest BCUT2D eigenvalue weighted by Crippen LogP contribution is 2.17. The lowest BCUT2D eigenvalue weighted by Gasteiger charge is -2.09. The van der Waals surface area contributed by atoms with Crippen LogP contribution in [0, 0.1) is 6.92 Å². The molecule has 0 aliphatic rings. The molecule has 0 saturated carbocycles. The van der Waals surface area contributed by atoms with Crippen LogP contribution in [0.15, 0.2) is 54.7 Å². The van der Waals surface area contributed by atoms with Crippen molar-refractivity contribution < 1.29 is 0 Å². The minimum Gasteiger partial charge on any atom is -0.368 e. The summed E-state index contributed by atoms with van der Waals surface area (Å²) in [6.07, 6.45) is 2.46. The third-order valence-corrected chi connectivity index (χ3v) is 3.79. The van der Waals surface area contributed by atoms with Crippen molar-refractivity contribution in [3.63, 3.8) is 0 Å². The molecular formula is C18H18ClN5. The number of hydrogen-bond acceptors (Lipinski definition) is 5. The molecule has 0 bridgehead atoms. The first-order valence-electron chi connectivity index (χ1n) is 7.71. The lowest BCUT2D eigenvalue weighted by atomic mass is 10.1. The number of benzene rings is 2. The maximum atomic E-state index is 5.99. The fourth-order valence-corrected chi connectivity index (χ4v) is 2.52. The molecule has 0 aliphatic carbocycles. The number of rotatable bonds is 6. The minimum atomic E-state index is 0.469. The van der Waals surface area contributed by atoms with E-state index in [1.807, 2.05) is 49.4 Å². The maximum Gasteiger partial charge on any atom is 0.249 e. The van der Waals surface area contributed by atoms with E-state index in [4.69, 9.17) is 11.6 Å². The van der Waals surface area contributed by atoms with Gasteiger partial charge in [0.25, 0.3) is 0 Å². The third kappa shape index (κ3) is 4.43. The van der Waals surface area contributed by atoms with E-state index in [2.05, 4.69) is 31.9 Å². The lowest BCUT2D eigenvalue weighted by Crippen LogP contribution is -2.09. The maximum absolute atomic E-state index is 5.99. The Kier molecular flexibility index (Phi) is 5.23. The SMILES string of the molecule is Cc1ccccc1Nc1nncc(NCCc2cccc(Cl)c2)n1. The second-order valence-electron chi connectivity index (χ2n) is 5.41. The summed E-state index contributed by atoms with van der Waals surface area (Å²) in [6.45, 7) is 2.77. The van der Waals surface area contributed by atoms with Crippen LogP contribution in [0.1, 0.15) is 11.1 Å². The van der Waals surface area contributed by atoms with Crippen LogP contribution in [0.2, 0.25) is 5.02 Å². The second-order valence-corrected chi connectivity index (χ2v) is 5.85. The van der Waals surface area contributed by atoms with Gasteiger partial charge < -0.3 is 10.6 Å². The molecule has 0 atom stereocenters. The molecular weight excluding hydrogens is 322 g/mol. The molecule has 0 unspecified atom stereocenters. The topological polar surface area (TPSA) is 62.7 Å². The molecule has 2 aromatic carbocycles. The van der Waals surface area contributed by atoms with Crippen molar-refractivity contribution in [2.24, 2.45) is 0 Å². The number of anilines is 3. The third-order valence-electron chi connectivity index (χ3n) is 3.56. The van der Waals surface area contributed by atoms with Crippen molar-refractivity contribution in [1.82, 2.24) is 15.2 Å². The zero-order chi connectivity index (χ0) is 16.8. The van der Waals surface area contributed by atoms with Crippen molar-refractivity contribution in [3.8, 4) is 0 Å². The first-order chi connectivity index (χ1) is 11.7. The summed E-state index contributed by atoms with van der Waals surface area (Å²) in [4.78, 5) is 4.44. The highest BCUT2D eigenvalue weighted by Gasteiger charge is 2.03. The summed E-state index contributed by atoms with van der Waals surface area (Å²) >= 11 is 5.99. The average Bonchev–Trinajstić information content (AvgIpc) is 2.58. The number of nitrogens with zero attached hydrogens (tertiary/aromatic N) is 3. The van der Waals surface area contributed by atoms with Gasteiger partial charge in [-0.2, -0.15) is 10.1 Å². The van der Waals surface area contributed by atoms with Crippen LogP contribution in [-0.2, 0) is 6.42 Å². The Bertz CT molecular complexity index is 822. The second kappa shape index (κ2) is 7.75. The summed E-state index contributed by atoms with van der Waals surface area (Å²) in [5, 5.41) is 15.2. The smallest absolute Gasteiger partial charge is 0.249 e. The van der Waals surface area contributed by atoms with Crippen LogP contribution in [-0.4, -0.2) is 21.7 Å². The van der Waals surface area contributed by atoms with E-state index in [0.29, 0.717) is 11.8 Å². The molecule has 24 heavy (non-hydrogen) atoms. The Hall–Kier alpha value is -2.66. The standard InChI is InChI=1S/C18H18ClN5/c1-13-5-2-3-8-16(13)22-18-23-17(12-21-24-18)20-10-9-14-6-4-7-15(19)11-14/h2-8,11-12H,9-10H2,1H3,(H2,20,22,23,24). The molecule has 5 nitrogen and oxygen atoms in total. The van der Waals surface area contributed by atoms with Gasteiger partial charge in [0, 0.05) is 17.3 Å². The Balaban J connectivity index is 1.60. The van der Waals surface area contributed by atoms with Gasteiger partial charge in [0.05, 0.1) is 6.20 Å². The fraction of sp³-hybridized carbons (Fsp3) is 0.167. The molecule has 1 heterocycles. The largest absolute Gasteiger partial charge is 0.368 e. The Morgan fingerprint density at radius 3 is 2.79 bits per heavy atom. The molecule has 6 heteroatoms. The molecule has 3 aromatic rings. The van der Waals surface area contributed by atoms with Crippen LogP contribution in [0.25, 0.3) is 0 Å². The molecule has 0 amide bonds. The van der Waals surface area contributed by atoms with Crippen molar-refractivity contribution in [1.29, 1.82) is 0 Å². The van der Waals surface area contributed by atoms with Crippen LogP contribution < -0.4 is 10.6 Å². The van der Waals surface area contributed by atoms with E-state index in [1.165, 1.54) is 5.56 Å². The minimum absolute atomic E-state index is 0.469. The van der Waals surface area contributed by atoms with Crippen LogP contribution in [0.3, 0.4) is 0 Å². The van der Waals surface area contributed by atoms with Gasteiger partial charge in [0.1, 0.15) is 0 Å². The van der Waals surface area contributed by atoms with E-state index in [0.717, 1.165) is 29.2 Å². The molecule has 122 valence electrons. The quantitative estimate of drug-likeness (QED) is 0.703. The van der Waals surface area contributed by atoms with Gasteiger partial charge in [-0.25, -0.2) is 0 Å². The molecule has 2 N–H and O–H groups in total. The normalized spacial score (nSPS) is 10.4. The Morgan fingerprint density at radius 2 is 1.96 bits per heavy atom. The van der Waals surface area contributed by atoms with Gasteiger partial charge in [0.15, 0.2) is 5.82 Å². The lowest BCUT2D eigenvalue weighted by molar-refractivity contribution is 0.950. The number of nitrogens with one attached hydrogen (secondary N) is 2. The van der Waals surface area contributed by atoms with Crippen molar-refractivity contribution in [2.75, 3.05) is 17.2 Å². The van der Waals surface area contributed by atoms with E-state index in [1.54, 1.807) is 6.20 Å². The van der Waals surface area contributed by atoms with Gasteiger partial charge in [-0.15, -0.1) is 5.10 Å². The summed E-state index contributed by atoms with van der Waals surface area (Å²) in [7, 11) is 0. The van der Waals surface area contributed by atoms with Crippen molar-refractivity contribution in [3.05, 3.63) is 70.9 Å². The summed E-state index contributed by atoms with van der Waals surface area (Å²) < 4.78 is 0. The monoisotopic (exact) mass is 339 g/mol. The van der Waals surface area contributed by atoms with Gasteiger partial charge >= 0.3 is 0 Å². The number of hydrogen-bond donors (Lipinski definition) is 2. The predicted octanol–water partition coefficient (Wildman–Crippen LogP) is 4.23. The van der Waals surface area contributed by atoms with Crippen LogP contribution >= 0.6 is 11.6 Å². The Morgan fingerprint density at radius 1 is 1.08 bits per heavy atom. The highest BCUT2D eigenvalue weighted by molar-refractivity contribution is 6.30. The zero-order valence-electron chi connectivity index (χ0n) is 13.3. The van der Waals surface area contributed by atoms with Gasteiger partial charge in [-0.3, -0.25) is 0 Å². The molecule has 3 rings (SSSR count). The highest BCUT2D eigenvalue weighted by atomic mass is 35.5. The zero-order valence-corrected chi connectivity index (χ0v) is 14.1. The fourth-order valence-electron chi connectivity index (χ4n) is 2.30. The molecule has 0 spiro atoms. The number of aromatic nitrogens is 3. The Labute approximate surface area is 146 Å². The summed E-state index contributed by atoms with van der Waals surface area (Å²) in [5.74, 6) is 1.15. The van der Waals surface area contributed by atoms with E-state index in [9.17, 15) is 0 Å². The average molecular weight is 340 g/mol. The predicted molar refractivity (Wildman–Crippen MR) is 97.9 cm³/mol. The number of aryl methyl sites for hydroxylation is 1. The van der Waals surface area contributed by atoms with E-state index >= 15 is 0 Å². The molecule has 1 aromatic heterocycles. The van der Waals surface area contributed by atoms with Crippen LogP contribution in [0.5, 0.6) is 0 Å². The molecule has 0 radical (unpaired) electrons. The van der Waals surface area contributed by atoms with Crippen molar-refractivity contribution in [2.45, 2.75) is 13.3 Å². The van der Waals surface area contributed by atoms with Gasteiger partial charge in [-0.1, -0.05) is 41.9 Å². The van der Waals surface area contributed by atoms with Crippen molar-refractivity contribution >= 4 is 29.1 Å². The number of halogens is 1. The van der Waals surface area contributed by atoms with Gasteiger partial charge in [-0.05, 0) is 42.7 Å². The van der Waals surface area contributed by atoms with E-state index < -0.39 is 0 Å². The molecule has 0 aliphatic heterocycles. The summed E-state index contributed by atoms with van der Waals surface area (Å²) in [6, 6.07) is 15.8. The van der Waals surface area contributed by atoms with Gasteiger partial charge in [0.2, 0.25) is 5.95 Å².